The number of nitrogens with two attached hydrogens (primary N) is 2. The van der Waals surface area contributed by atoms with Crippen LogP contribution in [0.15, 0.2) is 30.3 Å². The predicted molar refractivity (Wildman–Crippen MR) is 85.1 cm³/mol. The first-order valence-electron chi connectivity index (χ1n) is 5.93. The molecule has 1 aromatic heterocycles. The van der Waals surface area contributed by atoms with Crippen molar-refractivity contribution in [2.75, 3.05) is 11.1 Å². The Hall–Kier alpha value is -2.38. The Morgan fingerprint density at radius 3 is 2.81 bits per heavy atom. The van der Waals surface area contributed by atoms with E-state index in [4.69, 9.17) is 23.1 Å². The van der Waals surface area contributed by atoms with Gasteiger partial charge in [0.25, 0.3) is 5.91 Å². The van der Waals surface area contributed by atoms with E-state index in [1.807, 2.05) is 0 Å². The molecular formula is C13H10ClN5OS. The molecule has 0 aliphatic rings. The minimum Gasteiger partial charge on any atom is -0.399 e. The molecule has 0 aliphatic heterocycles. The van der Waals surface area contributed by atoms with E-state index in [0.717, 1.165) is 17.2 Å². The second-order valence-electron chi connectivity index (χ2n) is 4.35. The Kier molecular flexibility index (Phi) is 3.36. The topological polar surface area (TPSA) is 107 Å². The quantitative estimate of drug-likeness (QED) is 0.643. The molecule has 0 atom stereocenters. The molecule has 0 saturated carbocycles. The number of hydrogen-bond donors (Lipinski definition) is 3. The van der Waals surface area contributed by atoms with E-state index in [2.05, 4.69) is 14.1 Å². The molecule has 8 heteroatoms. The summed E-state index contributed by atoms with van der Waals surface area (Å²) in [5.74, 6) is -0.579. The minimum atomic E-state index is -0.579. The molecule has 3 rings (SSSR count). The van der Waals surface area contributed by atoms with Crippen LogP contribution in [0.4, 0.5) is 17.1 Å². The summed E-state index contributed by atoms with van der Waals surface area (Å²) in [5, 5.41) is 3.57. The molecular weight excluding hydrogens is 310 g/mol. The molecule has 0 unspecified atom stereocenters. The number of rotatable bonds is 3. The second kappa shape index (κ2) is 5.19. The third kappa shape index (κ3) is 2.48. The number of fused-ring (bicyclic) bond motifs is 1. The molecule has 1 heterocycles. The Morgan fingerprint density at radius 1 is 1.24 bits per heavy atom. The molecule has 0 saturated heterocycles. The Morgan fingerprint density at radius 2 is 2.05 bits per heavy atom. The van der Waals surface area contributed by atoms with Crippen LogP contribution in [-0.4, -0.2) is 14.7 Å². The summed E-state index contributed by atoms with van der Waals surface area (Å²) in [6.07, 6.45) is 0. The fourth-order valence-corrected chi connectivity index (χ4v) is 2.70. The van der Waals surface area contributed by atoms with Gasteiger partial charge in [0.15, 0.2) is 0 Å². The van der Waals surface area contributed by atoms with Crippen LogP contribution in [-0.2, 0) is 0 Å². The van der Waals surface area contributed by atoms with Gasteiger partial charge in [-0.05, 0) is 30.3 Å². The van der Waals surface area contributed by atoms with Crippen molar-refractivity contribution in [3.63, 3.8) is 0 Å². The number of nitrogens with one attached hydrogen (secondary N) is 1. The zero-order valence-corrected chi connectivity index (χ0v) is 12.2. The summed E-state index contributed by atoms with van der Waals surface area (Å²) in [4.78, 5) is 11.5. The van der Waals surface area contributed by atoms with Gasteiger partial charge in [-0.25, -0.2) is 0 Å². The number of primary amides is 1. The Labute approximate surface area is 129 Å². The van der Waals surface area contributed by atoms with Crippen molar-refractivity contribution in [2.45, 2.75) is 0 Å². The van der Waals surface area contributed by atoms with Gasteiger partial charge in [-0.1, -0.05) is 11.6 Å². The standard InChI is InChI=1S/C13H10ClN5OS/c14-8-2-4-10-12(19-21-18-10)11(8)17-9-3-1-6(15)5-7(9)13(16)20/h1-5,17H,15H2,(H2,16,20). The maximum absolute atomic E-state index is 11.5. The molecule has 1 amide bonds. The van der Waals surface area contributed by atoms with Crippen LogP contribution in [0.2, 0.25) is 5.02 Å². The highest BCUT2D eigenvalue weighted by atomic mass is 35.5. The van der Waals surface area contributed by atoms with Gasteiger partial charge in [-0.2, -0.15) is 8.75 Å². The van der Waals surface area contributed by atoms with Crippen molar-refractivity contribution in [2.24, 2.45) is 5.73 Å². The monoisotopic (exact) mass is 319 g/mol. The number of hydrogen-bond acceptors (Lipinski definition) is 6. The van der Waals surface area contributed by atoms with Crippen LogP contribution in [0.1, 0.15) is 10.4 Å². The van der Waals surface area contributed by atoms with Gasteiger partial charge in [0, 0.05) is 5.69 Å². The van der Waals surface area contributed by atoms with Crippen LogP contribution in [0.25, 0.3) is 11.0 Å². The third-order valence-corrected chi connectivity index (χ3v) is 3.80. The summed E-state index contributed by atoms with van der Waals surface area (Å²) >= 11 is 7.30. The number of nitrogens with zero attached hydrogens (tertiary/aromatic N) is 2. The van der Waals surface area contributed by atoms with Crippen molar-refractivity contribution in [3.8, 4) is 0 Å². The molecule has 6 nitrogen and oxygen atoms in total. The third-order valence-electron chi connectivity index (χ3n) is 2.95. The SMILES string of the molecule is NC(=O)c1cc(N)ccc1Nc1c(Cl)ccc2nsnc12. The molecule has 2 aromatic carbocycles. The number of carbonyl (C=O) groups is 1. The molecule has 5 N–H and O–H groups in total. The van der Waals surface area contributed by atoms with Crippen LogP contribution in [0.5, 0.6) is 0 Å². The number of amides is 1. The van der Waals surface area contributed by atoms with Crippen LogP contribution in [0.3, 0.4) is 0 Å². The lowest BCUT2D eigenvalue weighted by Gasteiger charge is -2.12. The number of aromatic nitrogens is 2. The number of anilines is 3. The summed E-state index contributed by atoms with van der Waals surface area (Å²) in [7, 11) is 0. The van der Waals surface area contributed by atoms with Gasteiger partial charge in [0.2, 0.25) is 0 Å². The lowest BCUT2D eigenvalue weighted by molar-refractivity contribution is 0.100. The lowest BCUT2D eigenvalue weighted by Crippen LogP contribution is -2.14. The zero-order chi connectivity index (χ0) is 15.0. The van der Waals surface area contributed by atoms with Gasteiger partial charge in [-0.15, -0.1) is 0 Å². The first-order chi connectivity index (χ1) is 10.1. The maximum Gasteiger partial charge on any atom is 0.250 e. The van der Waals surface area contributed by atoms with E-state index in [0.29, 0.717) is 27.6 Å². The largest absolute Gasteiger partial charge is 0.399 e. The van der Waals surface area contributed by atoms with Crippen molar-refractivity contribution >= 4 is 57.3 Å². The Bertz CT molecular complexity index is 848. The average Bonchev–Trinajstić information content (AvgIpc) is 2.92. The second-order valence-corrected chi connectivity index (χ2v) is 5.28. The molecule has 0 fully saturated rings. The van der Waals surface area contributed by atoms with E-state index in [9.17, 15) is 4.79 Å². The van der Waals surface area contributed by atoms with Gasteiger partial charge in [0.05, 0.1) is 33.7 Å². The van der Waals surface area contributed by atoms with Gasteiger partial charge >= 0.3 is 0 Å². The number of carbonyl (C=O) groups excluding carboxylic acids is 1. The van der Waals surface area contributed by atoms with Gasteiger partial charge in [0.1, 0.15) is 11.0 Å². The van der Waals surface area contributed by atoms with E-state index < -0.39 is 5.91 Å². The molecule has 0 aliphatic carbocycles. The van der Waals surface area contributed by atoms with Gasteiger partial charge < -0.3 is 16.8 Å². The number of nitrogen functional groups attached to an aromatic ring is 1. The summed E-state index contributed by atoms with van der Waals surface area (Å²) in [6.45, 7) is 0. The van der Waals surface area contributed by atoms with Crippen LogP contribution < -0.4 is 16.8 Å². The van der Waals surface area contributed by atoms with Crippen molar-refractivity contribution < 1.29 is 4.79 Å². The molecule has 3 aromatic rings. The highest BCUT2D eigenvalue weighted by molar-refractivity contribution is 7.00. The summed E-state index contributed by atoms with van der Waals surface area (Å²) in [5.41, 5.74) is 14.2. The summed E-state index contributed by atoms with van der Waals surface area (Å²) in [6, 6.07) is 8.35. The molecule has 21 heavy (non-hydrogen) atoms. The van der Waals surface area contributed by atoms with E-state index in [-0.39, 0.29) is 5.56 Å². The minimum absolute atomic E-state index is 0.284. The fourth-order valence-electron chi connectivity index (χ4n) is 1.96. The normalized spacial score (nSPS) is 10.7. The number of benzene rings is 2. The highest BCUT2D eigenvalue weighted by Crippen LogP contribution is 2.33. The van der Waals surface area contributed by atoms with E-state index in [1.165, 1.54) is 6.07 Å². The van der Waals surface area contributed by atoms with Crippen molar-refractivity contribution in [1.29, 1.82) is 0 Å². The van der Waals surface area contributed by atoms with Crippen molar-refractivity contribution in [3.05, 3.63) is 40.9 Å². The van der Waals surface area contributed by atoms with E-state index >= 15 is 0 Å². The molecule has 0 bridgehead atoms. The van der Waals surface area contributed by atoms with Crippen molar-refractivity contribution in [1.82, 2.24) is 8.75 Å². The van der Waals surface area contributed by atoms with Crippen LogP contribution in [0, 0.1) is 0 Å². The molecule has 0 radical (unpaired) electrons. The van der Waals surface area contributed by atoms with Gasteiger partial charge in [-0.3, -0.25) is 4.79 Å². The zero-order valence-electron chi connectivity index (χ0n) is 10.6. The fraction of sp³-hybridized carbons (Fsp3) is 0. The smallest absolute Gasteiger partial charge is 0.250 e. The lowest BCUT2D eigenvalue weighted by atomic mass is 10.1. The average molecular weight is 320 g/mol. The first-order valence-corrected chi connectivity index (χ1v) is 7.04. The molecule has 106 valence electrons. The maximum atomic E-state index is 11.5. The Balaban J connectivity index is 2.13. The van der Waals surface area contributed by atoms with E-state index in [1.54, 1.807) is 24.3 Å². The highest BCUT2D eigenvalue weighted by Gasteiger charge is 2.14. The van der Waals surface area contributed by atoms with Crippen LogP contribution >= 0.6 is 23.3 Å². The first kappa shape index (κ1) is 13.6. The number of halogens is 1. The predicted octanol–water partition coefficient (Wildman–Crippen LogP) is 2.77. The summed E-state index contributed by atoms with van der Waals surface area (Å²) < 4.78 is 8.36. The molecule has 0 spiro atoms.